The number of likely N-dealkylation sites (N-methyl/N-ethyl adjacent to an activating group) is 1. The lowest BCUT2D eigenvalue weighted by Crippen LogP contribution is -2.46. The molecule has 0 radical (unpaired) electrons. The van der Waals surface area contributed by atoms with Crippen LogP contribution in [0.2, 0.25) is 0 Å². The van der Waals surface area contributed by atoms with E-state index in [9.17, 15) is 22.8 Å². The second-order valence-corrected chi connectivity index (χ2v) is 14.8. The summed E-state index contributed by atoms with van der Waals surface area (Å²) in [5.41, 5.74) is 5.28. The first-order valence-corrected chi connectivity index (χ1v) is 17.8. The molecule has 2 fully saturated rings. The van der Waals surface area contributed by atoms with Gasteiger partial charge in [0.15, 0.2) is 0 Å². The fourth-order valence-corrected chi connectivity index (χ4v) is 7.55. The van der Waals surface area contributed by atoms with Gasteiger partial charge in [-0.2, -0.15) is 12.7 Å². The Bertz CT molecular complexity index is 1890. The molecular formula is C35H43N5O7S. The predicted octanol–water partition coefficient (Wildman–Crippen LogP) is 3.62. The molecule has 0 unspecified atom stereocenters. The molecule has 256 valence electrons. The molecule has 3 amide bonds. The van der Waals surface area contributed by atoms with Crippen LogP contribution in [0.5, 0.6) is 5.75 Å². The smallest absolute Gasteiger partial charge is 0.303 e. The van der Waals surface area contributed by atoms with Crippen LogP contribution in [0.1, 0.15) is 59.5 Å². The van der Waals surface area contributed by atoms with E-state index in [2.05, 4.69) is 9.29 Å². The highest BCUT2D eigenvalue weighted by Gasteiger charge is 2.32. The minimum Gasteiger partial charge on any atom is -0.497 e. The average Bonchev–Trinajstić information content (AvgIpc) is 3.30. The van der Waals surface area contributed by atoms with E-state index < -0.39 is 16.1 Å². The highest BCUT2D eigenvalue weighted by atomic mass is 32.2. The standard InChI is InChI=1S/C35H43N5O7S/c1-37(2)48(44,45)36-34(42)24-10-12-29-30(20-24)40-21-26(35(43)38(3)22-31(41)39-14-16-47-17-15-39)18-25-19-27(46-4)11-13-28(25)33(40)32(29)23-8-6-5-7-9-23/h10-13,18-20,23H,5-9,14-17,21-22H2,1-4H3,(H,36,42). The number of aromatic nitrogens is 1. The number of nitrogens with one attached hydrogen (secondary N) is 1. The second-order valence-electron chi connectivity index (χ2n) is 12.9. The van der Waals surface area contributed by atoms with E-state index in [4.69, 9.17) is 9.47 Å². The largest absolute Gasteiger partial charge is 0.497 e. The summed E-state index contributed by atoms with van der Waals surface area (Å²) in [5.74, 6) is -0.247. The summed E-state index contributed by atoms with van der Waals surface area (Å²) in [7, 11) is 1.93. The van der Waals surface area contributed by atoms with Crippen LogP contribution in [0.4, 0.5) is 0 Å². The number of benzene rings is 2. The maximum atomic E-state index is 14.2. The van der Waals surface area contributed by atoms with Crippen molar-refractivity contribution < 1.29 is 32.3 Å². The van der Waals surface area contributed by atoms with Crippen molar-refractivity contribution in [2.75, 3.05) is 61.1 Å². The average molecular weight is 678 g/mol. The molecule has 1 aliphatic carbocycles. The van der Waals surface area contributed by atoms with E-state index >= 15 is 0 Å². The summed E-state index contributed by atoms with van der Waals surface area (Å²) in [6.07, 6.45) is 7.31. The highest BCUT2D eigenvalue weighted by Crippen LogP contribution is 2.47. The summed E-state index contributed by atoms with van der Waals surface area (Å²) >= 11 is 0. The molecule has 2 aromatic carbocycles. The van der Waals surface area contributed by atoms with Gasteiger partial charge in [0, 0.05) is 61.8 Å². The molecule has 13 heteroatoms. The molecular weight excluding hydrogens is 634 g/mol. The molecule has 0 spiro atoms. The molecule has 3 aromatic rings. The molecule has 0 atom stereocenters. The third-order valence-electron chi connectivity index (χ3n) is 9.61. The summed E-state index contributed by atoms with van der Waals surface area (Å²) < 4.78 is 41.2. The van der Waals surface area contributed by atoms with Crippen LogP contribution in [-0.4, -0.2) is 106 Å². The lowest BCUT2D eigenvalue weighted by atomic mass is 9.81. The number of methoxy groups -OCH3 is 1. The molecule has 0 bridgehead atoms. The summed E-state index contributed by atoms with van der Waals surface area (Å²) in [5, 5.41) is 0.968. The Morgan fingerprint density at radius 1 is 1.00 bits per heavy atom. The van der Waals surface area contributed by atoms with Crippen LogP contribution in [0.3, 0.4) is 0 Å². The zero-order chi connectivity index (χ0) is 34.2. The van der Waals surface area contributed by atoms with E-state index in [1.807, 2.05) is 30.3 Å². The van der Waals surface area contributed by atoms with Crippen LogP contribution in [0.25, 0.3) is 28.2 Å². The molecule has 48 heavy (non-hydrogen) atoms. The van der Waals surface area contributed by atoms with Gasteiger partial charge in [-0.15, -0.1) is 0 Å². The number of carbonyl (C=O) groups excluding carboxylic acids is 3. The molecule has 1 N–H and O–H groups in total. The van der Waals surface area contributed by atoms with Crippen molar-refractivity contribution in [1.29, 1.82) is 0 Å². The number of carbonyl (C=O) groups is 3. The van der Waals surface area contributed by atoms with Gasteiger partial charge in [0.1, 0.15) is 5.75 Å². The van der Waals surface area contributed by atoms with Crippen LogP contribution in [0, 0.1) is 0 Å². The van der Waals surface area contributed by atoms with Gasteiger partial charge in [0.05, 0.1) is 39.1 Å². The van der Waals surface area contributed by atoms with Crippen molar-refractivity contribution in [1.82, 2.24) is 23.4 Å². The Kier molecular flexibility index (Phi) is 9.64. The number of fused-ring (bicyclic) bond motifs is 5. The van der Waals surface area contributed by atoms with E-state index in [1.165, 1.54) is 31.0 Å². The zero-order valence-electron chi connectivity index (χ0n) is 28.0. The lowest BCUT2D eigenvalue weighted by Gasteiger charge is -2.29. The Balaban J connectivity index is 1.48. The highest BCUT2D eigenvalue weighted by molar-refractivity contribution is 7.87. The SMILES string of the molecule is COc1ccc2c(c1)C=C(C(=O)N(C)CC(=O)N1CCOCC1)Cn1c-2c(C2CCCCC2)c2ccc(C(=O)NS(=O)(=O)N(C)C)cc21. The summed E-state index contributed by atoms with van der Waals surface area (Å²) in [6, 6.07) is 11.1. The van der Waals surface area contributed by atoms with Gasteiger partial charge >= 0.3 is 10.2 Å². The minimum absolute atomic E-state index is 0.0710. The van der Waals surface area contributed by atoms with Crippen molar-refractivity contribution in [2.24, 2.45) is 0 Å². The number of ether oxygens (including phenoxy) is 2. The van der Waals surface area contributed by atoms with E-state index in [1.54, 1.807) is 31.2 Å². The number of morpholine rings is 1. The summed E-state index contributed by atoms with van der Waals surface area (Å²) in [6.45, 7) is 2.04. The van der Waals surface area contributed by atoms with Crippen LogP contribution < -0.4 is 9.46 Å². The second kappa shape index (κ2) is 13.7. The maximum Gasteiger partial charge on any atom is 0.303 e. The van der Waals surface area contributed by atoms with Gasteiger partial charge in [0.25, 0.3) is 11.8 Å². The van der Waals surface area contributed by atoms with E-state index in [-0.39, 0.29) is 36.4 Å². The van der Waals surface area contributed by atoms with Gasteiger partial charge in [-0.3, -0.25) is 14.4 Å². The molecule has 1 aromatic heterocycles. The van der Waals surface area contributed by atoms with Crippen LogP contribution in [0.15, 0.2) is 42.0 Å². The van der Waals surface area contributed by atoms with E-state index in [0.29, 0.717) is 37.6 Å². The van der Waals surface area contributed by atoms with Crippen LogP contribution in [-0.2, 0) is 31.1 Å². The number of hydrogen-bond donors (Lipinski definition) is 1. The zero-order valence-corrected chi connectivity index (χ0v) is 28.8. The Labute approximate surface area is 281 Å². The topological polar surface area (TPSA) is 130 Å². The lowest BCUT2D eigenvalue weighted by molar-refractivity contribution is -0.140. The number of nitrogens with zero attached hydrogens (tertiary/aromatic N) is 4. The molecule has 1 saturated carbocycles. The van der Waals surface area contributed by atoms with Crippen molar-refractivity contribution >= 4 is 44.9 Å². The van der Waals surface area contributed by atoms with E-state index in [0.717, 1.165) is 57.7 Å². The minimum atomic E-state index is -4.01. The first-order chi connectivity index (χ1) is 23.0. The van der Waals surface area contributed by atoms with Crippen molar-refractivity contribution in [2.45, 2.75) is 44.6 Å². The van der Waals surface area contributed by atoms with Crippen LogP contribution >= 0.6 is 0 Å². The first-order valence-electron chi connectivity index (χ1n) is 16.4. The van der Waals surface area contributed by atoms with Gasteiger partial charge in [-0.05, 0) is 66.3 Å². The normalized spacial score (nSPS) is 16.9. The molecule has 6 rings (SSSR count). The molecule has 3 heterocycles. The molecule has 12 nitrogen and oxygen atoms in total. The molecule has 1 saturated heterocycles. The third-order valence-corrected chi connectivity index (χ3v) is 11.0. The van der Waals surface area contributed by atoms with Crippen molar-refractivity contribution in [3.63, 3.8) is 0 Å². The Hall–Kier alpha value is -4.20. The Morgan fingerprint density at radius 3 is 2.42 bits per heavy atom. The summed E-state index contributed by atoms with van der Waals surface area (Å²) in [4.78, 5) is 43.7. The van der Waals surface area contributed by atoms with Crippen molar-refractivity contribution in [3.8, 4) is 17.0 Å². The molecule has 2 aliphatic heterocycles. The van der Waals surface area contributed by atoms with Crippen molar-refractivity contribution in [3.05, 3.63) is 58.7 Å². The first kappa shape index (κ1) is 33.7. The quantitative estimate of drug-likeness (QED) is 0.386. The van der Waals surface area contributed by atoms with Gasteiger partial charge in [-0.1, -0.05) is 25.3 Å². The van der Waals surface area contributed by atoms with Gasteiger partial charge in [0.2, 0.25) is 5.91 Å². The fraction of sp³-hybridized carbons (Fsp3) is 0.457. The number of amides is 3. The number of rotatable bonds is 8. The van der Waals surface area contributed by atoms with Gasteiger partial charge in [-0.25, -0.2) is 4.72 Å². The number of hydrogen-bond acceptors (Lipinski definition) is 7. The molecule has 3 aliphatic rings. The predicted molar refractivity (Wildman–Crippen MR) is 183 cm³/mol. The van der Waals surface area contributed by atoms with Gasteiger partial charge < -0.3 is 23.8 Å². The Morgan fingerprint density at radius 2 is 1.73 bits per heavy atom. The fourth-order valence-electron chi connectivity index (χ4n) is 7.01. The monoisotopic (exact) mass is 677 g/mol. The third kappa shape index (κ3) is 6.58. The maximum absolute atomic E-state index is 14.2.